The van der Waals surface area contributed by atoms with E-state index in [0.29, 0.717) is 11.0 Å². The molecule has 4 heteroatoms. The van der Waals surface area contributed by atoms with Gasteiger partial charge in [-0.25, -0.2) is 9.97 Å². The number of halogens is 1. The average Bonchev–Trinajstić information content (AvgIpc) is 2.23. The maximum absolute atomic E-state index is 6.05. The van der Waals surface area contributed by atoms with Gasteiger partial charge in [-0.2, -0.15) is 0 Å². The summed E-state index contributed by atoms with van der Waals surface area (Å²) in [5, 5.41) is 0.484. The van der Waals surface area contributed by atoms with Gasteiger partial charge in [-0.15, -0.1) is 0 Å². The Morgan fingerprint density at radius 3 is 2.47 bits per heavy atom. The van der Waals surface area contributed by atoms with E-state index in [0.717, 1.165) is 18.5 Å². The first-order valence-corrected chi connectivity index (χ1v) is 6.34. The van der Waals surface area contributed by atoms with Crippen LogP contribution in [0.25, 0.3) is 0 Å². The highest BCUT2D eigenvalue weighted by molar-refractivity contribution is 6.29. The van der Waals surface area contributed by atoms with E-state index >= 15 is 0 Å². The Morgan fingerprint density at radius 2 is 2.00 bits per heavy atom. The maximum Gasteiger partial charge on any atom is 0.159 e. The number of hydrogen-bond acceptors (Lipinski definition) is 3. The number of rotatable bonds is 4. The molecule has 0 saturated heterocycles. The molecule has 0 amide bonds. The van der Waals surface area contributed by atoms with E-state index in [4.69, 9.17) is 16.3 Å². The normalized spacial score (nSPS) is 13.8. The maximum atomic E-state index is 6.05. The molecule has 96 valence electrons. The van der Waals surface area contributed by atoms with Crippen LogP contribution in [0, 0.1) is 0 Å². The highest BCUT2D eigenvalue weighted by atomic mass is 35.5. The summed E-state index contributed by atoms with van der Waals surface area (Å²) in [7, 11) is 1.68. The van der Waals surface area contributed by atoms with Gasteiger partial charge >= 0.3 is 0 Å². The van der Waals surface area contributed by atoms with Gasteiger partial charge in [-0.1, -0.05) is 45.7 Å². The van der Waals surface area contributed by atoms with E-state index in [1.807, 2.05) is 6.07 Å². The molecular weight excluding hydrogens is 236 g/mol. The minimum absolute atomic E-state index is 0.0359. The fraction of sp³-hybridized carbons (Fsp3) is 0.692. The standard InChI is InChI=1S/C13H21ClN2O/c1-6-7-9(17-5)12-15-10(13(2,3)4)8-11(14)16-12/h8-9H,6-7H2,1-5H3. The molecule has 0 aliphatic carbocycles. The van der Waals surface area contributed by atoms with E-state index in [-0.39, 0.29) is 11.5 Å². The van der Waals surface area contributed by atoms with Crippen molar-refractivity contribution in [3.05, 3.63) is 22.7 Å². The molecule has 0 aliphatic rings. The van der Waals surface area contributed by atoms with E-state index in [9.17, 15) is 0 Å². The average molecular weight is 257 g/mol. The molecule has 1 aromatic rings. The molecule has 1 aromatic heterocycles. The zero-order chi connectivity index (χ0) is 13.1. The van der Waals surface area contributed by atoms with Crippen molar-refractivity contribution in [2.75, 3.05) is 7.11 Å². The van der Waals surface area contributed by atoms with Gasteiger partial charge in [0.15, 0.2) is 5.82 Å². The van der Waals surface area contributed by atoms with Gasteiger partial charge in [0.2, 0.25) is 0 Å². The molecule has 1 heterocycles. The Balaban J connectivity index is 3.12. The molecule has 0 aromatic carbocycles. The summed E-state index contributed by atoms with van der Waals surface area (Å²) in [5.41, 5.74) is 0.914. The van der Waals surface area contributed by atoms with Crippen molar-refractivity contribution in [1.82, 2.24) is 9.97 Å². The van der Waals surface area contributed by atoms with Crippen molar-refractivity contribution in [2.45, 2.75) is 52.1 Å². The largest absolute Gasteiger partial charge is 0.373 e. The Kier molecular flexibility index (Phi) is 4.90. The smallest absolute Gasteiger partial charge is 0.159 e. The predicted molar refractivity (Wildman–Crippen MR) is 70.4 cm³/mol. The minimum atomic E-state index is -0.0696. The Morgan fingerprint density at radius 1 is 1.35 bits per heavy atom. The van der Waals surface area contributed by atoms with Gasteiger partial charge < -0.3 is 4.74 Å². The van der Waals surface area contributed by atoms with E-state index < -0.39 is 0 Å². The third-order valence-corrected chi connectivity index (χ3v) is 2.80. The summed E-state index contributed by atoms with van der Waals surface area (Å²) in [4.78, 5) is 8.84. The second-order valence-corrected chi connectivity index (χ2v) is 5.58. The number of ether oxygens (including phenoxy) is 1. The van der Waals surface area contributed by atoms with Gasteiger partial charge in [0.1, 0.15) is 11.3 Å². The lowest BCUT2D eigenvalue weighted by molar-refractivity contribution is 0.0872. The SMILES string of the molecule is CCCC(OC)c1nc(Cl)cc(C(C)(C)C)n1. The molecule has 1 rings (SSSR count). The fourth-order valence-electron chi connectivity index (χ4n) is 1.58. The lowest BCUT2D eigenvalue weighted by Gasteiger charge is -2.20. The van der Waals surface area contributed by atoms with E-state index in [1.54, 1.807) is 7.11 Å². The molecule has 0 radical (unpaired) electrons. The first-order valence-electron chi connectivity index (χ1n) is 5.96. The summed E-state index contributed by atoms with van der Waals surface area (Å²) < 4.78 is 5.42. The van der Waals surface area contributed by atoms with Crippen molar-refractivity contribution < 1.29 is 4.74 Å². The number of nitrogens with zero attached hydrogens (tertiary/aromatic N) is 2. The molecule has 1 unspecified atom stereocenters. The second kappa shape index (κ2) is 5.78. The zero-order valence-electron chi connectivity index (χ0n) is 11.2. The third kappa shape index (κ3) is 3.93. The van der Waals surface area contributed by atoms with Crippen molar-refractivity contribution in [2.24, 2.45) is 0 Å². The summed E-state index contributed by atoms with van der Waals surface area (Å²) in [6, 6.07) is 1.82. The second-order valence-electron chi connectivity index (χ2n) is 5.20. The van der Waals surface area contributed by atoms with Gasteiger partial charge in [0.25, 0.3) is 0 Å². The van der Waals surface area contributed by atoms with Crippen LogP contribution >= 0.6 is 11.6 Å². The van der Waals surface area contributed by atoms with Crippen LogP contribution in [-0.4, -0.2) is 17.1 Å². The molecule has 0 saturated carbocycles. The number of methoxy groups -OCH3 is 1. The van der Waals surface area contributed by atoms with Crippen molar-refractivity contribution in [1.29, 1.82) is 0 Å². The van der Waals surface area contributed by atoms with E-state index in [1.165, 1.54) is 0 Å². The van der Waals surface area contributed by atoms with Gasteiger partial charge in [-0.3, -0.25) is 0 Å². The third-order valence-electron chi connectivity index (χ3n) is 2.60. The number of aromatic nitrogens is 2. The first kappa shape index (κ1) is 14.4. The summed E-state index contributed by atoms with van der Waals surface area (Å²) in [5.74, 6) is 0.687. The molecule has 17 heavy (non-hydrogen) atoms. The summed E-state index contributed by atoms with van der Waals surface area (Å²) >= 11 is 6.05. The van der Waals surface area contributed by atoms with Crippen LogP contribution in [0.4, 0.5) is 0 Å². The van der Waals surface area contributed by atoms with Crippen LogP contribution in [0.1, 0.15) is 58.2 Å². The zero-order valence-corrected chi connectivity index (χ0v) is 12.0. The van der Waals surface area contributed by atoms with Crippen LogP contribution in [-0.2, 0) is 10.2 Å². The molecule has 1 atom stereocenters. The lowest BCUT2D eigenvalue weighted by Crippen LogP contribution is -2.17. The number of hydrogen-bond donors (Lipinski definition) is 0. The van der Waals surface area contributed by atoms with Crippen LogP contribution in [0.2, 0.25) is 5.15 Å². The lowest BCUT2D eigenvalue weighted by atomic mass is 9.92. The monoisotopic (exact) mass is 256 g/mol. The highest BCUT2D eigenvalue weighted by Crippen LogP contribution is 2.26. The summed E-state index contributed by atoms with van der Waals surface area (Å²) in [6.45, 7) is 8.44. The van der Waals surface area contributed by atoms with Crippen molar-refractivity contribution in [3.8, 4) is 0 Å². The molecule has 0 aliphatic heterocycles. The molecule has 0 fully saturated rings. The Hall–Kier alpha value is -0.670. The molecule has 3 nitrogen and oxygen atoms in total. The fourth-order valence-corrected chi connectivity index (χ4v) is 1.77. The van der Waals surface area contributed by atoms with Crippen LogP contribution in [0.3, 0.4) is 0 Å². The van der Waals surface area contributed by atoms with Gasteiger partial charge in [-0.05, 0) is 12.5 Å². The minimum Gasteiger partial charge on any atom is -0.373 e. The van der Waals surface area contributed by atoms with Crippen LogP contribution in [0.5, 0.6) is 0 Å². The topological polar surface area (TPSA) is 35.0 Å². The molecule has 0 spiro atoms. The van der Waals surface area contributed by atoms with Crippen molar-refractivity contribution in [3.63, 3.8) is 0 Å². The van der Waals surface area contributed by atoms with Crippen LogP contribution in [0.15, 0.2) is 6.07 Å². The van der Waals surface area contributed by atoms with E-state index in [2.05, 4.69) is 37.7 Å². The van der Waals surface area contributed by atoms with Crippen LogP contribution < -0.4 is 0 Å². The summed E-state index contributed by atoms with van der Waals surface area (Å²) in [6.07, 6.45) is 1.86. The Bertz CT molecular complexity index is 374. The first-order chi connectivity index (χ1) is 7.88. The molecule has 0 N–H and O–H groups in total. The van der Waals surface area contributed by atoms with Gasteiger partial charge in [0.05, 0.1) is 5.69 Å². The Labute approximate surface area is 109 Å². The van der Waals surface area contributed by atoms with Gasteiger partial charge in [0, 0.05) is 12.5 Å². The highest BCUT2D eigenvalue weighted by Gasteiger charge is 2.20. The molecule has 0 bridgehead atoms. The van der Waals surface area contributed by atoms with Crippen molar-refractivity contribution >= 4 is 11.6 Å². The molecular formula is C13H21ClN2O. The quantitative estimate of drug-likeness (QED) is 0.766. The predicted octanol–water partition coefficient (Wildman–Crippen LogP) is 3.92.